The summed E-state index contributed by atoms with van der Waals surface area (Å²) in [5, 5.41) is 0. The largest absolute Gasteiger partial charge is 0.399 e. The van der Waals surface area contributed by atoms with Crippen LogP contribution in [0, 0.1) is 6.92 Å². The first-order valence-corrected chi connectivity index (χ1v) is 6.99. The van der Waals surface area contributed by atoms with Crippen LogP contribution in [-0.2, 0) is 15.6 Å². The molecule has 6 heteroatoms. The highest BCUT2D eigenvalue weighted by Crippen LogP contribution is 2.20. The summed E-state index contributed by atoms with van der Waals surface area (Å²) >= 11 is 0. The predicted octanol–water partition coefficient (Wildman–Crippen LogP) is 1.34. The van der Waals surface area contributed by atoms with E-state index < -0.39 is 9.84 Å². The van der Waals surface area contributed by atoms with Crippen molar-refractivity contribution in [3.8, 4) is 0 Å². The van der Waals surface area contributed by atoms with Gasteiger partial charge < -0.3 is 5.73 Å². The zero-order valence-corrected chi connectivity index (χ0v) is 10.7. The van der Waals surface area contributed by atoms with Crippen molar-refractivity contribution in [3.05, 3.63) is 48.0 Å². The van der Waals surface area contributed by atoms with Crippen molar-refractivity contribution in [2.24, 2.45) is 0 Å². The van der Waals surface area contributed by atoms with Crippen LogP contribution in [0.5, 0.6) is 0 Å². The molecular formula is C12H13N3O2S. The van der Waals surface area contributed by atoms with Gasteiger partial charge in [0, 0.05) is 18.1 Å². The van der Waals surface area contributed by atoms with Gasteiger partial charge in [-0.05, 0) is 36.8 Å². The summed E-state index contributed by atoms with van der Waals surface area (Å²) in [5.41, 5.74) is 6.78. The zero-order chi connectivity index (χ0) is 13.2. The zero-order valence-electron chi connectivity index (χ0n) is 9.87. The maximum Gasteiger partial charge on any atom is 0.185 e. The Morgan fingerprint density at radius 2 is 1.89 bits per heavy atom. The summed E-state index contributed by atoms with van der Waals surface area (Å²) in [5.74, 6) is 0.0761. The molecule has 0 amide bonds. The van der Waals surface area contributed by atoms with Crippen LogP contribution in [0.3, 0.4) is 0 Å². The normalized spacial score (nSPS) is 11.4. The fraction of sp³-hybridized carbons (Fsp3) is 0.167. The summed E-state index contributed by atoms with van der Waals surface area (Å²) in [6.07, 6.45) is 3.04. The number of nitrogen functional groups attached to an aromatic ring is 1. The van der Waals surface area contributed by atoms with E-state index in [9.17, 15) is 8.42 Å². The summed E-state index contributed by atoms with van der Waals surface area (Å²) in [4.78, 5) is 8.11. The molecule has 0 aliphatic carbocycles. The Labute approximate surface area is 106 Å². The lowest BCUT2D eigenvalue weighted by Crippen LogP contribution is -2.09. The lowest BCUT2D eigenvalue weighted by Gasteiger charge is -2.07. The average molecular weight is 263 g/mol. The molecule has 0 atom stereocenters. The standard InChI is InChI=1S/C12H13N3O2S/c1-9-7-10(13)3-4-11(9)18(16,17)8-12-14-5-2-6-15-12/h2-7H,8,13H2,1H3. The Bertz CT molecular complexity index is 654. The molecule has 2 aromatic rings. The third-order valence-electron chi connectivity index (χ3n) is 2.47. The molecule has 94 valence electrons. The van der Waals surface area contributed by atoms with Gasteiger partial charge in [-0.2, -0.15) is 0 Å². The minimum Gasteiger partial charge on any atom is -0.399 e. The molecule has 0 fully saturated rings. The van der Waals surface area contributed by atoms with E-state index in [1.165, 1.54) is 18.5 Å². The first kappa shape index (κ1) is 12.5. The van der Waals surface area contributed by atoms with Crippen LogP contribution in [0.25, 0.3) is 0 Å². The van der Waals surface area contributed by atoms with Crippen LogP contribution >= 0.6 is 0 Å². The number of rotatable bonds is 3. The van der Waals surface area contributed by atoms with Crippen LogP contribution in [0.15, 0.2) is 41.6 Å². The molecule has 0 saturated heterocycles. The van der Waals surface area contributed by atoms with Crippen LogP contribution in [-0.4, -0.2) is 18.4 Å². The number of hydrogen-bond donors (Lipinski definition) is 1. The molecule has 1 aromatic heterocycles. The van der Waals surface area contributed by atoms with Crippen molar-refractivity contribution in [1.29, 1.82) is 0 Å². The number of aromatic nitrogens is 2. The minimum absolute atomic E-state index is 0.210. The lowest BCUT2D eigenvalue weighted by atomic mass is 10.2. The van der Waals surface area contributed by atoms with Gasteiger partial charge in [0.2, 0.25) is 0 Å². The third-order valence-corrected chi connectivity index (χ3v) is 4.24. The topological polar surface area (TPSA) is 85.9 Å². The molecule has 0 unspecified atom stereocenters. The fourth-order valence-corrected chi connectivity index (χ4v) is 3.14. The Hall–Kier alpha value is -1.95. The first-order valence-electron chi connectivity index (χ1n) is 5.34. The molecule has 0 aliphatic rings. The molecule has 18 heavy (non-hydrogen) atoms. The molecule has 0 aliphatic heterocycles. The van der Waals surface area contributed by atoms with Crippen LogP contribution in [0.1, 0.15) is 11.4 Å². The molecule has 0 radical (unpaired) electrons. The molecule has 2 N–H and O–H groups in total. The van der Waals surface area contributed by atoms with E-state index in [4.69, 9.17) is 5.73 Å². The molecule has 1 aromatic carbocycles. The Balaban J connectivity index is 2.37. The van der Waals surface area contributed by atoms with Crippen molar-refractivity contribution >= 4 is 15.5 Å². The Morgan fingerprint density at radius 3 is 2.50 bits per heavy atom. The molecular weight excluding hydrogens is 250 g/mol. The molecule has 1 heterocycles. The van der Waals surface area contributed by atoms with E-state index >= 15 is 0 Å². The highest BCUT2D eigenvalue weighted by atomic mass is 32.2. The van der Waals surface area contributed by atoms with Gasteiger partial charge in [0.05, 0.1) is 4.90 Å². The average Bonchev–Trinajstić information content (AvgIpc) is 2.29. The van der Waals surface area contributed by atoms with E-state index in [1.807, 2.05) is 0 Å². The first-order chi connectivity index (χ1) is 8.49. The summed E-state index contributed by atoms with van der Waals surface area (Å²) in [6, 6.07) is 6.37. The highest BCUT2D eigenvalue weighted by Gasteiger charge is 2.19. The van der Waals surface area contributed by atoms with E-state index in [2.05, 4.69) is 9.97 Å². The van der Waals surface area contributed by atoms with E-state index in [-0.39, 0.29) is 16.5 Å². The maximum absolute atomic E-state index is 12.2. The Morgan fingerprint density at radius 1 is 1.22 bits per heavy atom. The van der Waals surface area contributed by atoms with Gasteiger partial charge in [-0.3, -0.25) is 0 Å². The maximum atomic E-state index is 12.2. The van der Waals surface area contributed by atoms with Gasteiger partial charge in [0.1, 0.15) is 11.6 Å². The predicted molar refractivity (Wildman–Crippen MR) is 68.5 cm³/mol. The number of nitrogens with two attached hydrogens (primary N) is 1. The van der Waals surface area contributed by atoms with E-state index in [0.29, 0.717) is 11.3 Å². The number of nitrogens with zero attached hydrogens (tertiary/aromatic N) is 2. The summed E-state index contributed by atoms with van der Waals surface area (Å²) < 4.78 is 24.4. The van der Waals surface area contributed by atoms with Crippen LogP contribution < -0.4 is 5.73 Å². The quantitative estimate of drug-likeness (QED) is 0.844. The minimum atomic E-state index is -3.44. The SMILES string of the molecule is Cc1cc(N)ccc1S(=O)(=O)Cc1ncccn1. The number of sulfone groups is 1. The van der Waals surface area contributed by atoms with Gasteiger partial charge in [0.15, 0.2) is 9.84 Å². The fourth-order valence-electron chi connectivity index (χ4n) is 1.67. The van der Waals surface area contributed by atoms with Crippen molar-refractivity contribution in [3.63, 3.8) is 0 Å². The highest BCUT2D eigenvalue weighted by molar-refractivity contribution is 7.90. The van der Waals surface area contributed by atoms with Crippen molar-refractivity contribution in [1.82, 2.24) is 9.97 Å². The Kier molecular flexibility index (Phi) is 3.29. The number of aryl methyl sites for hydroxylation is 1. The molecule has 0 spiro atoms. The van der Waals surface area contributed by atoms with E-state index in [1.54, 1.807) is 25.1 Å². The van der Waals surface area contributed by atoms with E-state index in [0.717, 1.165) is 0 Å². The molecule has 0 saturated carbocycles. The molecule has 0 bridgehead atoms. The van der Waals surface area contributed by atoms with Gasteiger partial charge in [0.25, 0.3) is 0 Å². The van der Waals surface area contributed by atoms with Crippen molar-refractivity contribution in [2.45, 2.75) is 17.6 Å². The number of hydrogen-bond acceptors (Lipinski definition) is 5. The van der Waals surface area contributed by atoms with Crippen molar-refractivity contribution in [2.75, 3.05) is 5.73 Å². The van der Waals surface area contributed by atoms with Gasteiger partial charge in [-0.25, -0.2) is 18.4 Å². The second kappa shape index (κ2) is 4.73. The summed E-state index contributed by atoms with van der Waals surface area (Å²) in [7, 11) is -3.44. The van der Waals surface area contributed by atoms with Crippen LogP contribution in [0.2, 0.25) is 0 Å². The smallest absolute Gasteiger partial charge is 0.185 e. The molecule has 2 rings (SSSR count). The monoisotopic (exact) mass is 263 g/mol. The number of benzene rings is 1. The second-order valence-electron chi connectivity index (χ2n) is 3.95. The molecule has 5 nitrogen and oxygen atoms in total. The summed E-state index contributed by atoms with van der Waals surface area (Å²) in [6.45, 7) is 1.72. The van der Waals surface area contributed by atoms with Crippen LogP contribution in [0.4, 0.5) is 5.69 Å². The second-order valence-corrected chi connectivity index (χ2v) is 5.91. The lowest BCUT2D eigenvalue weighted by molar-refractivity contribution is 0.593. The van der Waals surface area contributed by atoms with Gasteiger partial charge in [-0.1, -0.05) is 0 Å². The van der Waals surface area contributed by atoms with Crippen molar-refractivity contribution < 1.29 is 8.42 Å². The van der Waals surface area contributed by atoms with Gasteiger partial charge >= 0.3 is 0 Å². The third kappa shape index (κ3) is 2.65. The number of anilines is 1. The van der Waals surface area contributed by atoms with Gasteiger partial charge in [-0.15, -0.1) is 0 Å².